The summed E-state index contributed by atoms with van der Waals surface area (Å²) in [5, 5.41) is 0. The van der Waals surface area contributed by atoms with Crippen LogP contribution in [0.4, 0.5) is 5.69 Å². The van der Waals surface area contributed by atoms with E-state index in [1.54, 1.807) is 4.90 Å². The quantitative estimate of drug-likeness (QED) is 0.729. The number of carbonyl (C=O) groups is 1. The second-order valence-electron chi connectivity index (χ2n) is 8.38. The van der Waals surface area contributed by atoms with Crippen LogP contribution in [0.3, 0.4) is 0 Å². The molecule has 0 aliphatic carbocycles. The van der Waals surface area contributed by atoms with Crippen LogP contribution < -0.4 is 10.4 Å². The molecule has 3 rings (SSSR count). The first-order valence-electron chi connectivity index (χ1n) is 9.21. The van der Waals surface area contributed by atoms with Crippen molar-refractivity contribution in [1.29, 1.82) is 0 Å². The van der Waals surface area contributed by atoms with Gasteiger partial charge in [0.2, 0.25) is 5.91 Å². The van der Waals surface area contributed by atoms with Gasteiger partial charge >= 0.3 is 7.12 Å². The topological polar surface area (TPSA) is 38.8 Å². The molecule has 0 radical (unpaired) electrons. The molecule has 2 aliphatic rings. The maximum absolute atomic E-state index is 12.3. The lowest BCUT2D eigenvalue weighted by molar-refractivity contribution is -0.119. The molecule has 1 aromatic rings. The Hall–Kier alpha value is -1.33. The molecule has 2 heterocycles. The predicted molar refractivity (Wildman–Crippen MR) is 105 cm³/mol. The summed E-state index contributed by atoms with van der Waals surface area (Å²) in [5.41, 5.74) is 2.23. The summed E-state index contributed by atoms with van der Waals surface area (Å²) >= 11 is 0. The number of fused-ring (bicyclic) bond motifs is 1. The van der Waals surface area contributed by atoms with E-state index in [2.05, 4.69) is 26.0 Å². The van der Waals surface area contributed by atoms with Gasteiger partial charge in [0.25, 0.3) is 0 Å². The van der Waals surface area contributed by atoms with Crippen molar-refractivity contribution in [2.45, 2.75) is 78.4 Å². The van der Waals surface area contributed by atoms with Crippen molar-refractivity contribution in [2.75, 3.05) is 11.9 Å². The van der Waals surface area contributed by atoms with Gasteiger partial charge in [-0.1, -0.05) is 39.8 Å². The van der Waals surface area contributed by atoms with Gasteiger partial charge in [-0.15, -0.1) is 0 Å². The zero-order chi connectivity index (χ0) is 19.2. The summed E-state index contributed by atoms with van der Waals surface area (Å²) in [7, 11) is 1.43. The molecule has 1 aromatic carbocycles. The fourth-order valence-corrected chi connectivity index (χ4v) is 3.25. The maximum atomic E-state index is 12.3. The zero-order valence-electron chi connectivity index (χ0n) is 17.2. The largest absolute Gasteiger partial charge is 0.494 e. The fraction of sp³-hybridized carbons (Fsp3) is 0.650. The second-order valence-corrected chi connectivity index (χ2v) is 8.38. The first kappa shape index (κ1) is 20.0. The van der Waals surface area contributed by atoms with Gasteiger partial charge in [0.15, 0.2) is 0 Å². The Labute approximate surface area is 153 Å². The molecule has 2 aliphatic heterocycles. The molecule has 0 N–H and O–H groups in total. The molecule has 0 bridgehead atoms. The minimum Gasteiger partial charge on any atom is -0.399 e. The highest BCUT2D eigenvalue weighted by molar-refractivity contribution is 6.62. The Morgan fingerprint density at radius 1 is 1.00 bits per heavy atom. The van der Waals surface area contributed by atoms with E-state index in [4.69, 9.17) is 9.31 Å². The molecule has 0 atom stereocenters. The molecular formula is C20H32BNO3. The van der Waals surface area contributed by atoms with Crippen molar-refractivity contribution < 1.29 is 14.1 Å². The Kier molecular flexibility index (Phi) is 5.15. The van der Waals surface area contributed by atoms with E-state index in [9.17, 15) is 4.79 Å². The van der Waals surface area contributed by atoms with Crippen molar-refractivity contribution in [3.8, 4) is 0 Å². The lowest BCUT2D eigenvalue weighted by atomic mass is 9.73. The molecule has 0 unspecified atom stereocenters. The molecule has 138 valence electrons. The van der Waals surface area contributed by atoms with E-state index in [-0.39, 0.29) is 22.5 Å². The van der Waals surface area contributed by atoms with Crippen LogP contribution in [0, 0.1) is 0 Å². The summed E-state index contributed by atoms with van der Waals surface area (Å²) in [4.78, 5) is 14.0. The third-order valence-electron chi connectivity index (χ3n) is 5.60. The minimum absolute atomic E-state index is 0.145. The lowest BCUT2D eigenvalue weighted by Gasteiger charge is -2.37. The molecule has 4 nitrogen and oxygen atoms in total. The lowest BCUT2D eigenvalue weighted by Crippen LogP contribution is -2.42. The molecular weight excluding hydrogens is 313 g/mol. The van der Waals surface area contributed by atoms with E-state index in [1.165, 1.54) is 5.56 Å². The summed E-state index contributed by atoms with van der Waals surface area (Å²) in [6, 6.07) is 6.21. The van der Waals surface area contributed by atoms with Crippen molar-refractivity contribution in [2.24, 2.45) is 0 Å². The Bertz CT molecular complexity index is 651. The molecule has 1 fully saturated rings. The number of anilines is 1. The van der Waals surface area contributed by atoms with Crippen LogP contribution in [0.5, 0.6) is 0 Å². The highest BCUT2D eigenvalue weighted by Crippen LogP contribution is 2.40. The summed E-state index contributed by atoms with van der Waals surface area (Å²) in [6.45, 7) is 16.4. The van der Waals surface area contributed by atoms with E-state index in [1.807, 2.05) is 54.7 Å². The van der Waals surface area contributed by atoms with Crippen LogP contribution in [0.25, 0.3) is 0 Å². The predicted octanol–water partition coefficient (Wildman–Crippen LogP) is 3.66. The van der Waals surface area contributed by atoms with Crippen molar-refractivity contribution in [1.82, 2.24) is 0 Å². The molecule has 0 saturated carbocycles. The Morgan fingerprint density at radius 3 is 2.04 bits per heavy atom. The molecule has 25 heavy (non-hydrogen) atoms. The van der Waals surface area contributed by atoms with Crippen LogP contribution in [0.1, 0.15) is 67.4 Å². The minimum atomic E-state index is -0.404. The molecule has 0 aromatic heterocycles. The zero-order valence-corrected chi connectivity index (χ0v) is 17.2. The molecule has 5 heteroatoms. The Balaban J connectivity index is 0.00000109. The smallest absolute Gasteiger partial charge is 0.399 e. The van der Waals surface area contributed by atoms with Gasteiger partial charge in [0.1, 0.15) is 0 Å². The van der Waals surface area contributed by atoms with Crippen LogP contribution in [-0.4, -0.2) is 31.3 Å². The van der Waals surface area contributed by atoms with Gasteiger partial charge in [-0.25, -0.2) is 0 Å². The highest BCUT2D eigenvalue weighted by Gasteiger charge is 2.52. The van der Waals surface area contributed by atoms with Crippen molar-refractivity contribution in [3.05, 3.63) is 23.8 Å². The van der Waals surface area contributed by atoms with Gasteiger partial charge in [-0.05, 0) is 44.8 Å². The van der Waals surface area contributed by atoms with Crippen molar-refractivity contribution in [3.63, 3.8) is 0 Å². The monoisotopic (exact) mass is 345 g/mol. The van der Waals surface area contributed by atoms with Crippen LogP contribution in [0.2, 0.25) is 0 Å². The number of benzene rings is 1. The maximum Gasteiger partial charge on any atom is 0.494 e. The van der Waals surface area contributed by atoms with Gasteiger partial charge in [0, 0.05) is 24.6 Å². The first-order chi connectivity index (χ1) is 11.4. The van der Waals surface area contributed by atoms with Crippen LogP contribution >= 0.6 is 0 Å². The highest BCUT2D eigenvalue weighted by atomic mass is 16.7. The third kappa shape index (κ3) is 3.36. The fourth-order valence-electron chi connectivity index (χ4n) is 3.25. The molecule has 1 amide bonds. The molecule has 1 saturated heterocycles. The van der Waals surface area contributed by atoms with Gasteiger partial charge in [-0.3, -0.25) is 4.79 Å². The van der Waals surface area contributed by atoms with E-state index >= 15 is 0 Å². The summed E-state index contributed by atoms with van der Waals surface area (Å²) in [6.07, 6.45) is 0.534. The second kappa shape index (κ2) is 6.44. The number of hydrogen-bond donors (Lipinski definition) is 0. The standard InChI is InChI=1S/C18H26BNO3.C2H6/c1-16(2)11-15(21)20(7)14-10-12(8-9-13(14)16)19-22-17(3,4)18(5,6)23-19;1-2/h8-10H,11H2,1-7H3;1-2H3. The van der Waals surface area contributed by atoms with Crippen molar-refractivity contribution >= 4 is 24.2 Å². The van der Waals surface area contributed by atoms with Gasteiger partial charge in [-0.2, -0.15) is 0 Å². The third-order valence-corrected chi connectivity index (χ3v) is 5.60. The molecule has 0 spiro atoms. The number of nitrogens with zero attached hydrogens (tertiary/aromatic N) is 1. The average molecular weight is 345 g/mol. The van der Waals surface area contributed by atoms with Crippen LogP contribution in [-0.2, 0) is 19.5 Å². The van der Waals surface area contributed by atoms with Gasteiger partial charge in [0.05, 0.1) is 11.2 Å². The SMILES string of the molecule is CC.CN1C(=O)CC(C)(C)c2ccc(B3OC(C)(C)C(C)(C)O3)cc21. The van der Waals surface area contributed by atoms with Crippen LogP contribution in [0.15, 0.2) is 18.2 Å². The van der Waals surface area contributed by atoms with E-state index in [0.717, 1.165) is 11.2 Å². The Morgan fingerprint density at radius 2 is 1.52 bits per heavy atom. The number of amides is 1. The first-order valence-corrected chi connectivity index (χ1v) is 9.21. The summed E-state index contributed by atoms with van der Waals surface area (Å²) < 4.78 is 12.3. The number of carbonyl (C=O) groups excluding carboxylic acids is 1. The van der Waals surface area contributed by atoms with Gasteiger partial charge < -0.3 is 14.2 Å². The van der Waals surface area contributed by atoms with E-state index < -0.39 is 7.12 Å². The number of hydrogen-bond acceptors (Lipinski definition) is 3. The normalized spacial score (nSPS) is 23.0. The average Bonchev–Trinajstić information content (AvgIpc) is 2.74. The van der Waals surface area contributed by atoms with E-state index in [0.29, 0.717) is 6.42 Å². The summed E-state index contributed by atoms with van der Waals surface area (Å²) in [5.74, 6) is 0.147. The number of rotatable bonds is 1.